The van der Waals surface area contributed by atoms with Crippen molar-refractivity contribution in [2.45, 2.75) is 13.2 Å². The number of benzene rings is 2. The highest BCUT2D eigenvalue weighted by Crippen LogP contribution is 2.25. The average molecular weight is 403 g/mol. The third kappa shape index (κ3) is 4.41. The zero-order valence-electron chi connectivity index (χ0n) is 16.7. The topological polar surface area (TPSA) is 77.7 Å². The summed E-state index contributed by atoms with van der Waals surface area (Å²) >= 11 is 0. The molecule has 0 aliphatic rings. The van der Waals surface area contributed by atoms with Gasteiger partial charge in [0.25, 0.3) is 5.91 Å². The largest absolute Gasteiger partial charge is 0.497 e. The highest BCUT2D eigenvalue weighted by Gasteiger charge is 2.17. The Balaban J connectivity index is 1.39. The van der Waals surface area contributed by atoms with E-state index in [1.807, 2.05) is 54.6 Å². The number of fused-ring (bicyclic) bond motifs is 1. The SMILES string of the molecule is COc1ccc2ccc(OCc3nc(C(=O)N(C)Cc4ccccn4)co3)cc2c1. The molecular weight excluding hydrogens is 382 g/mol. The van der Waals surface area contributed by atoms with Gasteiger partial charge in [-0.2, -0.15) is 0 Å². The van der Waals surface area contributed by atoms with Crippen molar-refractivity contribution in [1.29, 1.82) is 0 Å². The zero-order valence-corrected chi connectivity index (χ0v) is 16.7. The number of hydrogen-bond donors (Lipinski definition) is 0. The molecule has 2 aromatic carbocycles. The zero-order chi connectivity index (χ0) is 20.9. The molecule has 0 saturated carbocycles. The van der Waals surface area contributed by atoms with Gasteiger partial charge >= 0.3 is 0 Å². The van der Waals surface area contributed by atoms with E-state index in [0.29, 0.717) is 18.2 Å². The van der Waals surface area contributed by atoms with Crippen LogP contribution in [-0.4, -0.2) is 34.9 Å². The second-order valence-corrected chi connectivity index (χ2v) is 6.77. The average Bonchev–Trinajstić information content (AvgIpc) is 3.26. The van der Waals surface area contributed by atoms with Crippen LogP contribution in [0.15, 0.2) is 71.5 Å². The minimum absolute atomic E-state index is 0.118. The molecule has 30 heavy (non-hydrogen) atoms. The van der Waals surface area contributed by atoms with Gasteiger partial charge in [0.1, 0.15) is 17.8 Å². The molecule has 0 bridgehead atoms. The number of carbonyl (C=O) groups excluding carboxylic acids is 1. The van der Waals surface area contributed by atoms with Crippen LogP contribution in [0.4, 0.5) is 0 Å². The molecule has 1 amide bonds. The van der Waals surface area contributed by atoms with Crippen LogP contribution < -0.4 is 9.47 Å². The fourth-order valence-electron chi connectivity index (χ4n) is 3.04. The van der Waals surface area contributed by atoms with E-state index in [1.165, 1.54) is 6.26 Å². The fraction of sp³-hybridized carbons (Fsp3) is 0.174. The lowest BCUT2D eigenvalue weighted by Crippen LogP contribution is -2.26. The first-order valence-corrected chi connectivity index (χ1v) is 9.43. The van der Waals surface area contributed by atoms with Gasteiger partial charge in [0.2, 0.25) is 5.89 Å². The van der Waals surface area contributed by atoms with Crippen molar-refractivity contribution in [3.8, 4) is 11.5 Å². The number of nitrogens with zero attached hydrogens (tertiary/aromatic N) is 3. The van der Waals surface area contributed by atoms with E-state index in [9.17, 15) is 4.79 Å². The lowest BCUT2D eigenvalue weighted by molar-refractivity contribution is 0.0777. The molecule has 152 valence electrons. The van der Waals surface area contributed by atoms with Crippen LogP contribution in [0, 0.1) is 0 Å². The van der Waals surface area contributed by atoms with E-state index in [2.05, 4.69) is 9.97 Å². The quantitative estimate of drug-likeness (QED) is 0.463. The molecule has 2 aromatic heterocycles. The number of oxazole rings is 1. The van der Waals surface area contributed by atoms with Crippen LogP contribution in [0.5, 0.6) is 11.5 Å². The lowest BCUT2D eigenvalue weighted by atomic mass is 10.1. The minimum atomic E-state index is -0.242. The molecule has 0 atom stereocenters. The maximum Gasteiger partial charge on any atom is 0.275 e. The summed E-state index contributed by atoms with van der Waals surface area (Å²) in [5, 5.41) is 2.09. The summed E-state index contributed by atoms with van der Waals surface area (Å²) in [5.41, 5.74) is 1.03. The number of methoxy groups -OCH3 is 1. The molecule has 7 heteroatoms. The number of ether oxygens (including phenoxy) is 2. The Hall–Kier alpha value is -3.87. The van der Waals surface area contributed by atoms with Crippen molar-refractivity contribution in [3.63, 3.8) is 0 Å². The van der Waals surface area contributed by atoms with E-state index >= 15 is 0 Å². The van der Waals surface area contributed by atoms with Crippen molar-refractivity contribution < 1.29 is 18.7 Å². The molecule has 4 rings (SSSR count). The number of rotatable bonds is 7. The first kappa shape index (κ1) is 19.4. The molecule has 0 N–H and O–H groups in total. The van der Waals surface area contributed by atoms with E-state index in [0.717, 1.165) is 22.2 Å². The summed E-state index contributed by atoms with van der Waals surface area (Å²) in [4.78, 5) is 22.6. The normalized spacial score (nSPS) is 10.7. The Morgan fingerprint density at radius 2 is 1.87 bits per heavy atom. The van der Waals surface area contributed by atoms with Crippen LogP contribution in [-0.2, 0) is 13.2 Å². The number of aromatic nitrogens is 2. The molecule has 7 nitrogen and oxygen atoms in total. The van der Waals surface area contributed by atoms with Gasteiger partial charge in [-0.05, 0) is 47.2 Å². The van der Waals surface area contributed by atoms with E-state index in [-0.39, 0.29) is 18.2 Å². The highest BCUT2D eigenvalue weighted by atomic mass is 16.5. The molecule has 0 fully saturated rings. The molecule has 0 spiro atoms. The van der Waals surface area contributed by atoms with Gasteiger partial charge in [-0.1, -0.05) is 18.2 Å². The first-order valence-electron chi connectivity index (χ1n) is 9.43. The number of hydrogen-bond acceptors (Lipinski definition) is 6. The maximum absolute atomic E-state index is 12.6. The molecule has 0 radical (unpaired) electrons. The second kappa shape index (κ2) is 8.65. The summed E-state index contributed by atoms with van der Waals surface area (Å²) in [6.07, 6.45) is 3.04. The monoisotopic (exact) mass is 403 g/mol. The summed E-state index contributed by atoms with van der Waals surface area (Å²) in [5.74, 6) is 1.54. The van der Waals surface area contributed by atoms with Crippen molar-refractivity contribution >= 4 is 16.7 Å². The Morgan fingerprint density at radius 1 is 1.07 bits per heavy atom. The van der Waals surface area contributed by atoms with Crippen LogP contribution in [0.2, 0.25) is 0 Å². The van der Waals surface area contributed by atoms with Gasteiger partial charge in [0.15, 0.2) is 12.3 Å². The Bertz CT molecular complexity index is 1160. The second-order valence-electron chi connectivity index (χ2n) is 6.77. The van der Waals surface area contributed by atoms with E-state index < -0.39 is 0 Å². The molecule has 0 unspecified atom stereocenters. The van der Waals surface area contributed by atoms with E-state index in [4.69, 9.17) is 13.9 Å². The minimum Gasteiger partial charge on any atom is -0.497 e. The molecule has 0 saturated heterocycles. The van der Waals surface area contributed by atoms with Gasteiger partial charge in [0, 0.05) is 13.2 Å². The standard InChI is InChI=1S/C23H21N3O4/c1-26(13-18-5-3-4-10-24-18)23(27)21-14-30-22(25-21)15-29-20-9-7-16-6-8-19(28-2)11-17(16)12-20/h3-12,14H,13,15H2,1-2H3. The first-order chi connectivity index (χ1) is 14.6. The number of carbonyl (C=O) groups is 1. The van der Waals surface area contributed by atoms with Crippen LogP contribution in [0.3, 0.4) is 0 Å². The highest BCUT2D eigenvalue weighted by molar-refractivity contribution is 5.91. The van der Waals surface area contributed by atoms with Gasteiger partial charge in [-0.3, -0.25) is 9.78 Å². The summed E-state index contributed by atoms with van der Waals surface area (Å²) in [7, 11) is 3.34. The summed E-state index contributed by atoms with van der Waals surface area (Å²) < 4.78 is 16.5. The van der Waals surface area contributed by atoms with Gasteiger partial charge in [0.05, 0.1) is 19.3 Å². The molecule has 4 aromatic rings. The third-order valence-electron chi connectivity index (χ3n) is 4.62. The maximum atomic E-state index is 12.6. The molecule has 0 aliphatic carbocycles. The van der Waals surface area contributed by atoms with Crippen LogP contribution >= 0.6 is 0 Å². The molecule has 0 aliphatic heterocycles. The van der Waals surface area contributed by atoms with Crippen molar-refractivity contribution in [3.05, 3.63) is 84.3 Å². The summed E-state index contributed by atoms with van der Waals surface area (Å²) in [6.45, 7) is 0.506. The smallest absolute Gasteiger partial charge is 0.275 e. The molecular formula is C23H21N3O4. The lowest BCUT2D eigenvalue weighted by Gasteiger charge is -2.14. The Kier molecular flexibility index (Phi) is 5.61. The number of amides is 1. The fourth-order valence-corrected chi connectivity index (χ4v) is 3.04. The Labute approximate surface area is 173 Å². The van der Waals surface area contributed by atoms with Gasteiger partial charge in [-0.25, -0.2) is 4.98 Å². The van der Waals surface area contributed by atoms with Crippen molar-refractivity contribution in [1.82, 2.24) is 14.9 Å². The predicted octanol–water partition coefficient (Wildman–Crippen LogP) is 4.08. The number of pyridine rings is 1. The van der Waals surface area contributed by atoms with Gasteiger partial charge < -0.3 is 18.8 Å². The van der Waals surface area contributed by atoms with Crippen LogP contribution in [0.25, 0.3) is 10.8 Å². The Morgan fingerprint density at radius 3 is 2.63 bits per heavy atom. The molecule has 2 heterocycles. The van der Waals surface area contributed by atoms with Crippen molar-refractivity contribution in [2.24, 2.45) is 0 Å². The van der Waals surface area contributed by atoms with Crippen LogP contribution in [0.1, 0.15) is 22.1 Å². The van der Waals surface area contributed by atoms with Gasteiger partial charge in [-0.15, -0.1) is 0 Å². The van der Waals surface area contributed by atoms with E-state index in [1.54, 1.807) is 25.3 Å². The summed E-state index contributed by atoms with van der Waals surface area (Å²) in [6, 6.07) is 17.2. The van der Waals surface area contributed by atoms with Crippen molar-refractivity contribution in [2.75, 3.05) is 14.2 Å². The predicted molar refractivity (Wildman–Crippen MR) is 111 cm³/mol. The third-order valence-corrected chi connectivity index (χ3v) is 4.62.